The van der Waals surface area contributed by atoms with Gasteiger partial charge in [-0.25, -0.2) is 0 Å². The number of fused-ring (bicyclic) bond motifs is 1. The van der Waals surface area contributed by atoms with E-state index in [0.29, 0.717) is 0 Å². The van der Waals surface area contributed by atoms with Gasteiger partial charge in [0.25, 0.3) is 0 Å². The number of hydrogen-bond donors (Lipinski definition) is 1. The van der Waals surface area contributed by atoms with Crippen LogP contribution in [0.15, 0.2) is 60.7 Å². The van der Waals surface area contributed by atoms with Crippen LogP contribution in [0.3, 0.4) is 0 Å². The van der Waals surface area contributed by atoms with Crippen LogP contribution in [0.2, 0.25) is 0 Å². The van der Waals surface area contributed by atoms with Gasteiger partial charge in [0.2, 0.25) is 0 Å². The summed E-state index contributed by atoms with van der Waals surface area (Å²) in [7, 11) is 0. The molecule has 5 heteroatoms. The molecular formula is C18H14F3NO. The maximum Gasteiger partial charge on any atom is 0.420 e. The third-order valence-corrected chi connectivity index (χ3v) is 3.57. The molecule has 23 heavy (non-hydrogen) atoms. The van der Waals surface area contributed by atoms with E-state index in [9.17, 15) is 13.2 Å². The fourth-order valence-corrected chi connectivity index (χ4v) is 2.47. The van der Waals surface area contributed by atoms with E-state index in [2.05, 4.69) is 0 Å². The van der Waals surface area contributed by atoms with Crippen molar-refractivity contribution in [1.29, 1.82) is 0 Å². The Labute approximate surface area is 131 Å². The average molecular weight is 317 g/mol. The first kappa shape index (κ1) is 15.2. The van der Waals surface area contributed by atoms with Gasteiger partial charge >= 0.3 is 6.18 Å². The summed E-state index contributed by atoms with van der Waals surface area (Å²) in [5.41, 5.74) is 5.46. The van der Waals surface area contributed by atoms with Crippen molar-refractivity contribution in [2.75, 3.05) is 5.73 Å². The predicted octanol–water partition coefficient (Wildman–Crippen LogP) is 5.02. The van der Waals surface area contributed by atoms with Crippen molar-refractivity contribution in [3.05, 3.63) is 71.8 Å². The van der Waals surface area contributed by atoms with E-state index in [-0.39, 0.29) is 18.0 Å². The zero-order valence-corrected chi connectivity index (χ0v) is 12.1. The molecule has 3 aromatic rings. The highest BCUT2D eigenvalue weighted by atomic mass is 19.4. The molecule has 3 rings (SSSR count). The van der Waals surface area contributed by atoms with Gasteiger partial charge in [-0.3, -0.25) is 0 Å². The number of rotatable bonds is 3. The topological polar surface area (TPSA) is 35.2 Å². The van der Waals surface area contributed by atoms with Gasteiger partial charge in [-0.15, -0.1) is 0 Å². The fourth-order valence-electron chi connectivity index (χ4n) is 2.47. The quantitative estimate of drug-likeness (QED) is 0.688. The molecular weight excluding hydrogens is 303 g/mol. The minimum Gasteiger partial charge on any atom is -0.488 e. The van der Waals surface area contributed by atoms with Crippen molar-refractivity contribution in [2.24, 2.45) is 0 Å². The number of benzene rings is 3. The maximum absolute atomic E-state index is 13.1. The first-order valence-electron chi connectivity index (χ1n) is 7.01. The molecule has 0 unspecified atom stereocenters. The van der Waals surface area contributed by atoms with Crippen LogP contribution in [0.25, 0.3) is 10.8 Å². The summed E-state index contributed by atoms with van der Waals surface area (Å²) in [4.78, 5) is 0. The zero-order valence-electron chi connectivity index (χ0n) is 12.1. The van der Waals surface area contributed by atoms with Crippen molar-refractivity contribution in [3.63, 3.8) is 0 Å². The van der Waals surface area contributed by atoms with Crippen LogP contribution in [0.5, 0.6) is 5.75 Å². The normalized spacial score (nSPS) is 11.6. The van der Waals surface area contributed by atoms with Crippen LogP contribution < -0.4 is 10.5 Å². The molecule has 0 radical (unpaired) electrons. The predicted molar refractivity (Wildman–Crippen MR) is 84.1 cm³/mol. The summed E-state index contributed by atoms with van der Waals surface area (Å²) in [5.74, 6) is -0.223. The van der Waals surface area contributed by atoms with E-state index in [1.807, 2.05) is 42.5 Å². The molecule has 0 atom stereocenters. The van der Waals surface area contributed by atoms with Crippen LogP contribution in [0.4, 0.5) is 18.9 Å². The Kier molecular flexibility index (Phi) is 3.86. The van der Waals surface area contributed by atoms with Crippen LogP contribution in [-0.4, -0.2) is 0 Å². The van der Waals surface area contributed by atoms with Gasteiger partial charge in [0.05, 0.1) is 5.56 Å². The Morgan fingerprint density at radius 2 is 1.65 bits per heavy atom. The molecule has 0 spiro atoms. The van der Waals surface area contributed by atoms with Crippen molar-refractivity contribution in [3.8, 4) is 5.75 Å². The molecule has 118 valence electrons. The van der Waals surface area contributed by atoms with Gasteiger partial charge in [-0.1, -0.05) is 42.5 Å². The lowest BCUT2D eigenvalue weighted by atomic mass is 10.1. The molecule has 0 fully saturated rings. The van der Waals surface area contributed by atoms with E-state index in [0.717, 1.165) is 22.4 Å². The third-order valence-electron chi connectivity index (χ3n) is 3.57. The average Bonchev–Trinajstić information content (AvgIpc) is 2.53. The summed E-state index contributed by atoms with van der Waals surface area (Å²) in [6, 6.07) is 16.8. The van der Waals surface area contributed by atoms with Crippen LogP contribution >= 0.6 is 0 Å². The Morgan fingerprint density at radius 3 is 2.43 bits per heavy atom. The molecule has 2 N–H and O–H groups in total. The summed E-state index contributed by atoms with van der Waals surface area (Å²) < 4.78 is 44.7. The first-order valence-corrected chi connectivity index (χ1v) is 7.01. The van der Waals surface area contributed by atoms with Gasteiger partial charge in [-0.2, -0.15) is 13.2 Å². The number of hydrogen-bond acceptors (Lipinski definition) is 2. The molecule has 0 amide bonds. The monoisotopic (exact) mass is 317 g/mol. The molecule has 2 nitrogen and oxygen atoms in total. The van der Waals surface area contributed by atoms with E-state index >= 15 is 0 Å². The van der Waals surface area contributed by atoms with E-state index in [1.165, 1.54) is 12.1 Å². The second-order valence-electron chi connectivity index (χ2n) is 5.18. The summed E-state index contributed by atoms with van der Waals surface area (Å²) in [5, 5.41) is 1.97. The zero-order chi connectivity index (χ0) is 16.4. The van der Waals surface area contributed by atoms with Gasteiger partial charge in [0.15, 0.2) is 0 Å². The van der Waals surface area contributed by atoms with Crippen molar-refractivity contribution >= 4 is 16.5 Å². The molecule has 0 aromatic heterocycles. The second kappa shape index (κ2) is 5.83. The number of ether oxygens (including phenoxy) is 1. The molecule has 0 saturated carbocycles. The molecule has 0 saturated heterocycles. The first-order chi connectivity index (χ1) is 10.9. The number of alkyl halides is 3. The van der Waals surface area contributed by atoms with Gasteiger partial charge in [0, 0.05) is 5.69 Å². The molecule has 3 aromatic carbocycles. The van der Waals surface area contributed by atoms with Crippen molar-refractivity contribution < 1.29 is 17.9 Å². The van der Waals surface area contributed by atoms with Gasteiger partial charge in [-0.05, 0) is 34.5 Å². The molecule has 0 bridgehead atoms. The second-order valence-corrected chi connectivity index (χ2v) is 5.18. The Bertz CT molecular complexity index is 838. The van der Waals surface area contributed by atoms with Crippen LogP contribution in [0, 0.1) is 0 Å². The number of halogens is 3. The van der Waals surface area contributed by atoms with Crippen molar-refractivity contribution in [2.45, 2.75) is 12.8 Å². The van der Waals surface area contributed by atoms with Crippen molar-refractivity contribution in [1.82, 2.24) is 0 Å². The number of anilines is 1. The standard InChI is InChI=1S/C18H14F3NO/c19-18(20,21)16-10-14(22)8-9-17(16)23-11-13-6-3-5-12-4-1-2-7-15(12)13/h1-10H,11,22H2. The Hall–Kier alpha value is -2.69. The summed E-state index contributed by atoms with van der Waals surface area (Å²) in [6.07, 6.45) is -4.51. The minimum atomic E-state index is -4.51. The Balaban J connectivity index is 1.91. The fraction of sp³-hybridized carbons (Fsp3) is 0.111. The maximum atomic E-state index is 13.1. The lowest BCUT2D eigenvalue weighted by Crippen LogP contribution is -2.09. The van der Waals surface area contributed by atoms with E-state index < -0.39 is 11.7 Å². The van der Waals surface area contributed by atoms with Gasteiger partial charge < -0.3 is 10.5 Å². The Morgan fingerprint density at radius 1 is 0.913 bits per heavy atom. The molecule has 0 aliphatic carbocycles. The SMILES string of the molecule is Nc1ccc(OCc2cccc3ccccc23)c(C(F)(F)F)c1. The van der Waals surface area contributed by atoms with Crippen LogP contribution in [0.1, 0.15) is 11.1 Å². The molecule has 0 aliphatic rings. The highest BCUT2D eigenvalue weighted by molar-refractivity contribution is 5.85. The number of nitrogen functional groups attached to an aromatic ring is 1. The molecule has 0 heterocycles. The lowest BCUT2D eigenvalue weighted by molar-refractivity contribution is -0.139. The smallest absolute Gasteiger partial charge is 0.420 e. The van der Waals surface area contributed by atoms with Crippen LogP contribution in [-0.2, 0) is 12.8 Å². The highest BCUT2D eigenvalue weighted by Gasteiger charge is 2.34. The number of nitrogens with two attached hydrogens (primary N) is 1. The largest absolute Gasteiger partial charge is 0.488 e. The van der Waals surface area contributed by atoms with E-state index in [4.69, 9.17) is 10.5 Å². The van der Waals surface area contributed by atoms with E-state index in [1.54, 1.807) is 0 Å². The summed E-state index contributed by atoms with van der Waals surface area (Å²) in [6.45, 7) is 0.0500. The summed E-state index contributed by atoms with van der Waals surface area (Å²) >= 11 is 0. The van der Waals surface area contributed by atoms with Gasteiger partial charge in [0.1, 0.15) is 12.4 Å². The molecule has 0 aliphatic heterocycles. The minimum absolute atomic E-state index is 0.0500. The lowest BCUT2D eigenvalue weighted by Gasteiger charge is -2.15. The third kappa shape index (κ3) is 3.23. The highest BCUT2D eigenvalue weighted by Crippen LogP contribution is 2.37.